The maximum atomic E-state index is 11.9. The first-order chi connectivity index (χ1) is 12.0. The lowest BCUT2D eigenvalue weighted by Crippen LogP contribution is -2.55. The standard InChI is InChI=1S/C17H18N4O4/c1-11-8-14(17(22)25-2)15(21(23)24)16(18-11)20-9-13(10-20)19-12-6-4-3-5-7-12/h3-8,13,19H,9-10H2,1-2H3. The Morgan fingerprint density at radius 1 is 1.36 bits per heavy atom. The lowest BCUT2D eigenvalue weighted by atomic mass is 10.1. The molecule has 8 heteroatoms. The van der Waals surface area contributed by atoms with Gasteiger partial charge in [-0.05, 0) is 25.1 Å². The molecule has 1 aliphatic heterocycles. The molecular formula is C17H18N4O4. The second-order valence-corrected chi connectivity index (χ2v) is 5.84. The van der Waals surface area contributed by atoms with Gasteiger partial charge in [-0.25, -0.2) is 9.78 Å². The molecule has 2 heterocycles. The molecule has 8 nitrogen and oxygen atoms in total. The first-order valence-electron chi connectivity index (χ1n) is 7.80. The minimum Gasteiger partial charge on any atom is -0.465 e. The highest BCUT2D eigenvalue weighted by atomic mass is 16.6. The molecule has 1 fully saturated rings. The number of hydrogen-bond acceptors (Lipinski definition) is 7. The molecule has 0 unspecified atom stereocenters. The lowest BCUT2D eigenvalue weighted by molar-refractivity contribution is -0.384. The molecule has 0 spiro atoms. The van der Waals surface area contributed by atoms with Gasteiger partial charge in [0.05, 0.1) is 18.1 Å². The average Bonchev–Trinajstić information content (AvgIpc) is 2.56. The number of carbonyl (C=O) groups excluding carboxylic acids is 1. The molecule has 3 rings (SSSR count). The van der Waals surface area contributed by atoms with Gasteiger partial charge in [0.15, 0.2) is 0 Å². The molecule has 1 aromatic heterocycles. The van der Waals surface area contributed by atoms with Crippen molar-refractivity contribution < 1.29 is 14.5 Å². The number of pyridine rings is 1. The van der Waals surface area contributed by atoms with Gasteiger partial charge in [-0.1, -0.05) is 18.2 Å². The van der Waals surface area contributed by atoms with Gasteiger partial charge in [0.1, 0.15) is 5.56 Å². The molecule has 2 aromatic rings. The van der Waals surface area contributed by atoms with Crippen molar-refractivity contribution in [2.24, 2.45) is 0 Å². The van der Waals surface area contributed by atoms with Gasteiger partial charge in [0.25, 0.3) is 0 Å². The molecule has 0 bridgehead atoms. The van der Waals surface area contributed by atoms with E-state index in [1.807, 2.05) is 30.3 Å². The molecule has 0 amide bonds. The fourth-order valence-electron chi connectivity index (χ4n) is 2.83. The Morgan fingerprint density at radius 3 is 2.64 bits per heavy atom. The molecule has 1 saturated heterocycles. The van der Waals surface area contributed by atoms with Crippen molar-refractivity contribution in [1.29, 1.82) is 0 Å². The largest absolute Gasteiger partial charge is 0.465 e. The summed E-state index contributed by atoms with van der Waals surface area (Å²) in [6.45, 7) is 2.82. The van der Waals surface area contributed by atoms with Gasteiger partial charge >= 0.3 is 11.7 Å². The fourth-order valence-corrected chi connectivity index (χ4v) is 2.83. The second-order valence-electron chi connectivity index (χ2n) is 5.84. The zero-order valence-corrected chi connectivity index (χ0v) is 13.9. The van der Waals surface area contributed by atoms with E-state index < -0.39 is 10.9 Å². The number of esters is 1. The summed E-state index contributed by atoms with van der Waals surface area (Å²) < 4.78 is 4.67. The third-order valence-electron chi connectivity index (χ3n) is 4.02. The molecule has 0 saturated carbocycles. The number of nitrogens with one attached hydrogen (secondary N) is 1. The first kappa shape index (κ1) is 16.7. The van der Waals surface area contributed by atoms with E-state index in [9.17, 15) is 14.9 Å². The molecule has 0 atom stereocenters. The van der Waals surface area contributed by atoms with Crippen molar-refractivity contribution in [3.05, 3.63) is 57.8 Å². The van der Waals surface area contributed by atoms with E-state index in [0.29, 0.717) is 18.8 Å². The van der Waals surface area contributed by atoms with Gasteiger partial charge in [0.2, 0.25) is 5.82 Å². The van der Waals surface area contributed by atoms with Crippen LogP contribution in [0.15, 0.2) is 36.4 Å². The van der Waals surface area contributed by atoms with Crippen LogP contribution in [0.4, 0.5) is 17.2 Å². The minimum absolute atomic E-state index is 0.0746. The van der Waals surface area contributed by atoms with Crippen LogP contribution in [0.5, 0.6) is 0 Å². The smallest absolute Gasteiger partial charge is 0.345 e. The predicted octanol–water partition coefficient (Wildman–Crippen LogP) is 2.39. The molecule has 0 radical (unpaired) electrons. The van der Waals surface area contributed by atoms with Crippen LogP contribution in [0.3, 0.4) is 0 Å². The Morgan fingerprint density at radius 2 is 2.04 bits per heavy atom. The number of rotatable bonds is 5. The van der Waals surface area contributed by atoms with Crippen LogP contribution in [0.2, 0.25) is 0 Å². The summed E-state index contributed by atoms with van der Waals surface area (Å²) in [6.07, 6.45) is 0. The molecule has 130 valence electrons. The highest BCUT2D eigenvalue weighted by Crippen LogP contribution is 2.34. The number of anilines is 2. The summed E-state index contributed by atoms with van der Waals surface area (Å²) in [5.74, 6) is -0.533. The predicted molar refractivity (Wildman–Crippen MR) is 93.0 cm³/mol. The SMILES string of the molecule is COC(=O)c1cc(C)nc(N2CC(Nc3ccccc3)C2)c1[N+](=O)[O-]. The highest BCUT2D eigenvalue weighted by molar-refractivity contribution is 5.96. The molecule has 1 aliphatic rings. The number of aromatic nitrogens is 1. The Balaban J connectivity index is 1.82. The molecule has 1 aromatic carbocycles. The van der Waals surface area contributed by atoms with E-state index in [0.717, 1.165) is 5.69 Å². The number of methoxy groups -OCH3 is 1. The van der Waals surface area contributed by atoms with Crippen LogP contribution >= 0.6 is 0 Å². The van der Waals surface area contributed by atoms with Crippen molar-refractivity contribution >= 4 is 23.2 Å². The first-order valence-corrected chi connectivity index (χ1v) is 7.80. The van der Waals surface area contributed by atoms with E-state index in [2.05, 4.69) is 15.0 Å². The van der Waals surface area contributed by atoms with Crippen molar-refractivity contribution in [2.45, 2.75) is 13.0 Å². The van der Waals surface area contributed by atoms with Crippen LogP contribution in [0.1, 0.15) is 16.1 Å². The average molecular weight is 342 g/mol. The number of para-hydroxylation sites is 1. The summed E-state index contributed by atoms with van der Waals surface area (Å²) in [4.78, 5) is 28.9. The third-order valence-corrected chi connectivity index (χ3v) is 4.02. The summed E-state index contributed by atoms with van der Waals surface area (Å²) in [6, 6.07) is 11.3. The van der Waals surface area contributed by atoms with E-state index in [4.69, 9.17) is 0 Å². The zero-order chi connectivity index (χ0) is 18.0. The van der Waals surface area contributed by atoms with Crippen molar-refractivity contribution in [2.75, 3.05) is 30.4 Å². The monoisotopic (exact) mass is 342 g/mol. The van der Waals surface area contributed by atoms with E-state index in [1.165, 1.54) is 13.2 Å². The van der Waals surface area contributed by atoms with Crippen molar-refractivity contribution in [1.82, 2.24) is 4.98 Å². The Labute approximate surface area is 144 Å². The van der Waals surface area contributed by atoms with Crippen LogP contribution < -0.4 is 10.2 Å². The number of benzene rings is 1. The van der Waals surface area contributed by atoms with Crippen molar-refractivity contribution in [3.63, 3.8) is 0 Å². The molecule has 25 heavy (non-hydrogen) atoms. The maximum absolute atomic E-state index is 11.9. The normalized spacial score (nSPS) is 13.9. The third kappa shape index (κ3) is 3.37. The summed E-state index contributed by atoms with van der Waals surface area (Å²) in [7, 11) is 1.20. The number of nitro groups is 1. The van der Waals surface area contributed by atoms with Gasteiger partial charge in [-0.15, -0.1) is 0 Å². The number of carbonyl (C=O) groups is 1. The van der Waals surface area contributed by atoms with Crippen LogP contribution in [0, 0.1) is 17.0 Å². The van der Waals surface area contributed by atoms with Gasteiger partial charge in [-0.3, -0.25) is 10.1 Å². The zero-order valence-electron chi connectivity index (χ0n) is 13.9. The molecule has 1 N–H and O–H groups in total. The van der Waals surface area contributed by atoms with E-state index in [1.54, 1.807) is 11.8 Å². The summed E-state index contributed by atoms with van der Waals surface area (Å²) in [5, 5.41) is 14.9. The van der Waals surface area contributed by atoms with Gasteiger partial charge in [-0.2, -0.15) is 0 Å². The number of ether oxygens (including phenoxy) is 1. The van der Waals surface area contributed by atoms with Crippen LogP contribution in [-0.2, 0) is 4.74 Å². The number of aryl methyl sites for hydroxylation is 1. The van der Waals surface area contributed by atoms with E-state index >= 15 is 0 Å². The summed E-state index contributed by atoms with van der Waals surface area (Å²) >= 11 is 0. The number of hydrogen-bond donors (Lipinski definition) is 1. The van der Waals surface area contributed by atoms with Gasteiger partial charge < -0.3 is 15.0 Å². The Bertz CT molecular complexity index is 804. The summed E-state index contributed by atoms with van der Waals surface area (Å²) in [5.41, 5.74) is 1.14. The molecule has 0 aliphatic carbocycles. The maximum Gasteiger partial charge on any atom is 0.345 e. The quantitative estimate of drug-likeness (QED) is 0.506. The minimum atomic E-state index is -0.738. The van der Waals surface area contributed by atoms with Crippen molar-refractivity contribution in [3.8, 4) is 0 Å². The highest BCUT2D eigenvalue weighted by Gasteiger charge is 2.36. The van der Waals surface area contributed by atoms with Gasteiger partial charge in [0, 0.05) is 24.5 Å². The van der Waals surface area contributed by atoms with Crippen LogP contribution in [-0.4, -0.2) is 42.1 Å². The Kier molecular flexibility index (Phi) is 4.51. The fraction of sp³-hybridized carbons (Fsp3) is 0.294. The Hall–Kier alpha value is -3.16. The van der Waals surface area contributed by atoms with Crippen LogP contribution in [0.25, 0.3) is 0 Å². The lowest BCUT2D eigenvalue weighted by Gasteiger charge is -2.40. The topological polar surface area (TPSA) is 97.6 Å². The second kappa shape index (κ2) is 6.76. The number of nitrogens with zero attached hydrogens (tertiary/aromatic N) is 3. The molecular weight excluding hydrogens is 324 g/mol. The van der Waals surface area contributed by atoms with E-state index in [-0.39, 0.29) is 23.1 Å².